The second-order valence-electron chi connectivity index (χ2n) is 4.00. The SMILES string of the molecule is CC(C)(N)CC(=O)NCC(F)(F)C(F)F. The van der Waals surface area contributed by atoms with Gasteiger partial charge in [-0.1, -0.05) is 0 Å². The molecule has 0 atom stereocenters. The third-order valence-corrected chi connectivity index (χ3v) is 1.46. The molecule has 0 heterocycles. The van der Waals surface area contributed by atoms with Crippen LogP contribution in [-0.4, -0.2) is 30.3 Å². The Morgan fingerprint density at radius 1 is 1.40 bits per heavy atom. The van der Waals surface area contributed by atoms with Crippen LogP contribution in [0.2, 0.25) is 0 Å². The second-order valence-corrected chi connectivity index (χ2v) is 4.00. The molecule has 0 spiro atoms. The van der Waals surface area contributed by atoms with Crippen LogP contribution in [0.15, 0.2) is 0 Å². The lowest BCUT2D eigenvalue weighted by Crippen LogP contribution is -2.45. The normalized spacial score (nSPS) is 13.1. The Morgan fingerprint density at radius 2 is 1.87 bits per heavy atom. The smallest absolute Gasteiger partial charge is 0.324 e. The molecule has 0 aliphatic heterocycles. The zero-order valence-electron chi connectivity index (χ0n) is 8.49. The van der Waals surface area contributed by atoms with Crippen molar-refractivity contribution < 1.29 is 22.4 Å². The molecule has 0 unspecified atom stereocenters. The van der Waals surface area contributed by atoms with Gasteiger partial charge in [-0.2, -0.15) is 8.78 Å². The predicted octanol–water partition coefficient (Wildman–Crippen LogP) is 1.13. The minimum Gasteiger partial charge on any atom is -0.350 e. The lowest BCUT2D eigenvalue weighted by atomic mass is 10.0. The molecule has 0 rings (SSSR count). The summed E-state index contributed by atoms with van der Waals surface area (Å²) in [6.07, 6.45) is -3.99. The Bertz CT molecular complexity index is 225. The standard InChI is InChI=1S/C8H14F4N2O/c1-7(2,13)3-5(15)14-4-8(11,12)6(9)10/h6H,3-4,13H2,1-2H3,(H,14,15). The summed E-state index contributed by atoms with van der Waals surface area (Å²) < 4.78 is 48.0. The molecule has 7 heteroatoms. The van der Waals surface area contributed by atoms with Gasteiger partial charge < -0.3 is 11.1 Å². The van der Waals surface area contributed by atoms with E-state index >= 15 is 0 Å². The highest BCUT2D eigenvalue weighted by molar-refractivity contribution is 5.77. The Labute approximate surface area is 85.0 Å². The highest BCUT2D eigenvalue weighted by atomic mass is 19.3. The highest BCUT2D eigenvalue weighted by Crippen LogP contribution is 2.21. The van der Waals surface area contributed by atoms with Crippen LogP contribution in [-0.2, 0) is 4.79 Å². The molecule has 3 nitrogen and oxygen atoms in total. The molecule has 1 amide bonds. The molecule has 0 aliphatic carbocycles. The first-order valence-electron chi connectivity index (χ1n) is 4.26. The maximum absolute atomic E-state index is 12.3. The van der Waals surface area contributed by atoms with Gasteiger partial charge in [0.15, 0.2) is 0 Å². The number of amides is 1. The van der Waals surface area contributed by atoms with Crippen molar-refractivity contribution in [3.05, 3.63) is 0 Å². The lowest BCUT2D eigenvalue weighted by Gasteiger charge is -2.20. The number of halogens is 4. The van der Waals surface area contributed by atoms with Gasteiger partial charge in [0.1, 0.15) is 0 Å². The molecule has 0 saturated carbocycles. The summed E-state index contributed by atoms with van der Waals surface area (Å²) in [6.45, 7) is 1.68. The molecule has 90 valence electrons. The number of rotatable bonds is 5. The van der Waals surface area contributed by atoms with E-state index in [4.69, 9.17) is 5.73 Å². The Morgan fingerprint density at radius 3 is 2.20 bits per heavy atom. The molecule has 0 saturated heterocycles. The molecular formula is C8H14F4N2O. The Balaban J connectivity index is 4.02. The van der Waals surface area contributed by atoms with Gasteiger partial charge in [-0.25, -0.2) is 8.78 Å². The molecule has 0 aliphatic rings. The summed E-state index contributed by atoms with van der Waals surface area (Å²) in [5.41, 5.74) is 4.58. The van der Waals surface area contributed by atoms with E-state index in [2.05, 4.69) is 0 Å². The first-order valence-corrected chi connectivity index (χ1v) is 4.26. The van der Waals surface area contributed by atoms with Gasteiger partial charge in [0, 0.05) is 12.0 Å². The summed E-state index contributed by atoms with van der Waals surface area (Å²) in [6, 6.07) is 0. The molecule has 15 heavy (non-hydrogen) atoms. The summed E-state index contributed by atoms with van der Waals surface area (Å²) in [5, 5.41) is 1.71. The minimum atomic E-state index is -4.20. The minimum absolute atomic E-state index is 0.202. The van der Waals surface area contributed by atoms with Crippen LogP contribution in [0.4, 0.5) is 17.6 Å². The van der Waals surface area contributed by atoms with Crippen LogP contribution in [0.5, 0.6) is 0 Å². The van der Waals surface area contributed by atoms with Gasteiger partial charge in [-0.05, 0) is 13.8 Å². The number of nitrogens with two attached hydrogens (primary N) is 1. The molecule has 0 bridgehead atoms. The maximum atomic E-state index is 12.3. The number of alkyl halides is 4. The van der Waals surface area contributed by atoms with E-state index in [9.17, 15) is 22.4 Å². The summed E-state index contributed by atoms with van der Waals surface area (Å²) in [4.78, 5) is 11.0. The Hall–Kier alpha value is -0.850. The van der Waals surface area contributed by atoms with E-state index in [1.165, 1.54) is 13.8 Å². The van der Waals surface area contributed by atoms with Crippen LogP contribution >= 0.6 is 0 Å². The van der Waals surface area contributed by atoms with Crippen LogP contribution < -0.4 is 11.1 Å². The zero-order valence-corrected chi connectivity index (χ0v) is 8.49. The molecule has 0 aromatic carbocycles. The van der Waals surface area contributed by atoms with Crippen molar-refractivity contribution >= 4 is 5.91 Å². The van der Waals surface area contributed by atoms with Crippen LogP contribution in [0, 0.1) is 0 Å². The lowest BCUT2D eigenvalue weighted by molar-refractivity contribution is -0.137. The van der Waals surface area contributed by atoms with E-state index in [0.717, 1.165) is 0 Å². The second kappa shape index (κ2) is 4.78. The monoisotopic (exact) mass is 230 g/mol. The van der Waals surface area contributed by atoms with Crippen LogP contribution in [0.25, 0.3) is 0 Å². The van der Waals surface area contributed by atoms with Crippen molar-refractivity contribution in [3.63, 3.8) is 0 Å². The average Bonchev–Trinajstić information content (AvgIpc) is 1.97. The number of nitrogens with one attached hydrogen (secondary N) is 1. The van der Waals surface area contributed by atoms with Crippen molar-refractivity contribution in [1.82, 2.24) is 5.32 Å². The van der Waals surface area contributed by atoms with Crippen molar-refractivity contribution in [1.29, 1.82) is 0 Å². The zero-order chi connectivity index (χ0) is 12.3. The number of carbonyl (C=O) groups is 1. The number of hydrogen-bond donors (Lipinski definition) is 2. The van der Waals surface area contributed by atoms with Crippen molar-refractivity contribution in [2.24, 2.45) is 5.73 Å². The van der Waals surface area contributed by atoms with Crippen molar-refractivity contribution in [3.8, 4) is 0 Å². The quantitative estimate of drug-likeness (QED) is 0.695. The van der Waals surface area contributed by atoms with Gasteiger partial charge in [0.05, 0.1) is 6.54 Å². The summed E-state index contributed by atoms with van der Waals surface area (Å²) in [7, 11) is 0. The van der Waals surface area contributed by atoms with Crippen LogP contribution in [0.3, 0.4) is 0 Å². The molecule has 0 aromatic heterocycles. The first kappa shape index (κ1) is 14.2. The fraction of sp³-hybridized carbons (Fsp3) is 0.875. The largest absolute Gasteiger partial charge is 0.350 e. The molecule has 0 fully saturated rings. The molecule has 0 aromatic rings. The predicted molar refractivity (Wildman–Crippen MR) is 46.8 cm³/mol. The first-order chi connectivity index (χ1) is 6.54. The van der Waals surface area contributed by atoms with Crippen LogP contribution in [0.1, 0.15) is 20.3 Å². The molecule has 0 radical (unpaired) electrons. The topological polar surface area (TPSA) is 55.1 Å². The van der Waals surface area contributed by atoms with Gasteiger partial charge in [0.2, 0.25) is 5.91 Å². The van der Waals surface area contributed by atoms with Crippen molar-refractivity contribution in [2.45, 2.75) is 38.2 Å². The van der Waals surface area contributed by atoms with Gasteiger partial charge in [0.25, 0.3) is 0 Å². The van der Waals surface area contributed by atoms with E-state index < -0.39 is 30.3 Å². The van der Waals surface area contributed by atoms with Gasteiger partial charge in [-0.15, -0.1) is 0 Å². The Kier molecular flexibility index (Phi) is 4.51. The highest BCUT2D eigenvalue weighted by Gasteiger charge is 2.40. The maximum Gasteiger partial charge on any atom is 0.324 e. The van der Waals surface area contributed by atoms with Gasteiger partial charge >= 0.3 is 12.3 Å². The van der Waals surface area contributed by atoms with E-state index in [1.807, 2.05) is 0 Å². The third kappa shape index (κ3) is 6.27. The van der Waals surface area contributed by atoms with E-state index in [0.29, 0.717) is 0 Å². The van der Waals surface area contributed by atoms with Gasteiger partial charge in [-0.3, -0.25) is 4.79 Å². The van der Waals surface area contributed by atoms with Crippen molar-refractivity contribution in [2.75, 3.05) is 6.54 Å². The van der Waals surface area contributed by atoms with E-state index in [-0.39, 0.29) is 6.42 Å². The summed E-state index contributed by atoms with van der Waals surface area (Å²) in [5.74, 6) is -4.98. The van der Waals surface area contributed by atoms with E-state index in [1.54, 1.807) is 5.32 Å². The number of hydrogen-bond acceptors (Lipinski definition) is 2. The molecule has 3 N–H and O–H groups in total. The number of carbonyl (C=O) groups excluding carboxylic acids is 1. The third-order valence-electron chi connectivity index (χ3n) is 1.46. The fourth-order valence-corrected chi connectivity index (χ4v) is 0.770. The molecular weight excluding hydrogens is 216 g/mol. The average molecular weight is 230 g/mol. The fourth-order valence-electron chi connectivity index (χ4n) is 0.770. The summed E-state index contributed by atoms with van der Waals surface area (Å²) >= 11 is 0.